The first-order valence-corrected chi connectivity index (χ1v) is 7.14. The molecule has 0 spiro atoms. The molecule has 2 aliphatic rings. The van der Waals surface area contributed by atoms with Crippen LogP contribution in [0.1, 0.15) is 18.2 Å². The highest BCUT2D eigenvalue weighted by Gasteiger charge is 2.25. The van der Waals surface area contributed by atoms with Gasteiger partial charge >= 0.3 is 0 Å². The van der Waals surface area contributed by atoms with Crippen molar-refractivity contribution in [2.75, 3.05) is 31.5 Å². The molecular formula is C12H18N4S. The Morgan fingerprint density at radius 3 is 3.06 bits per heavy atom. The zero-order valence-electron chi connectivity index (χ0n) is 10.1. The molecule has 2 aliphatic heterocycles. The van der Waals surface area contributed by atoms with Crippen LogP contribution in [0.3, 0.4) is 0 Å². The predicted molar refractivity (Wildman–Crippen MR) is 73.0 cm³/mol. The molecule has 0 aromatic carbocycles. The van der Waals surface area contributed by atoms with E-state index in [-0.39, 0.29) is 6.17 Å². The van der Waals surface area contributed by atoms with Gasteiger partial charge in [-0.05, 0) is 17.9 Å². The van der Waals surface area contributed by atoms with Gasteiger partial charge in [-0.25, -0.2) is 4.99 Å². The van der Waals surface area contributed by atoms with E-state index in [0.717, 1.165) is 32.6 Å². The highest BCUT2D eigenvalue weighted by atomic mass is 32.1. The van der Waals surface area contributed by atoms with E-state index < -0.39 is 0 Å². The highest BCUT2D eigenvalue weighted by Crippen LogP contribution is 2.29. The molecule has 3 heterocycles. The number of hydrogen-bond acceptors (Lipinski definition) is 5. The summed E-state index contributed by atoms with van der Waals surface area (Å²) in [4.78, 5) is 8.57. The molecular weight excluding hydrogens is 232 g/mol. The Balaban J connectivity index is 1.91. The van der Waals surface area contributed by atoms with Gasteiger partial charge in [-0.15, -0.1) is 11.3 Å². The summed E-state index contributed by atoms with van der Waals surface area (Å²) in [7, 11) is 0. The molecule has 0 amide bonds. The number of piperazine rings is 1. The Hall–Kier alpha value is -1.07. The van der Waals surface area contributed by atoms with Crippen LogP contribution in [-0.2, 0) is 0 Å². The van der Waals surface area contributed by atoms with Crippen LogP contribution in [0.15, 0.2) is 16.4 Å². The van der Waals surface area contributed by atoms with E-state index in [1.807, 2.05) is 0 Å². The molecule has 1 aromatic rings. The van der Waals surface area contributed by atoms with Gasteiger partial charge in [-0.1, -0.05) is 6.92 Å². The van der Waals surface area contributed by atoms with E-state index in [0.29, 0.717) is 0 Å². The Labute approximate surface area is 106 Å². The van der Waals surface area contributed by atoms with E-state index in [1.54, 1.807) is 11.3 Å². The van der Waals surface area contributed by atoms with Crippen molar-refractivity contribution in [3.63, 3.8) is 0 Å². The molecule has 92 valence electrons. The molecule has 0 bridgehead atoms. The van der Waals surface area contributed by atoms with E-state index >= 15 is 0 Å². The lowest BCUT2D eigenvalue weighted by atomic mass is 10.2. The summed E-state index contributed by atoms with van der Waals surface area (Å²) in [5.41, 5.74) is 1.25. The Morgan fingerprint density at radius 2 is 2.29 bits per heavy atom. The monoisotopic (exact) mass is 250 g/mol. The Kier molecular flexibility index (Phi) is 3.03. The van der Waals surface area contributed by atoms with Crippen molar-refractivity contribution in [2.24, 2.45) is 4.99 Å². The quantitative estimate of drug-likeness (QED) is 0.794. The number of thiophene rings is 1. The second-order valence-corrected chi connectivity index (χ2v) is 5.34. The average Bonchev–Trinajstić information content (AvgIpc) is 2.86. The summed E-state index contributed by atoms with van der Waals surface area (Å²) in [5.74, 6) is 1.20. The van der Waals surface area contributed by atoms with Gasteiger partial charge in [0.1, 0.15) is 12.0 Å². The number of amidine groups is 1. The third-order valence-electron chi connectivity index (χ3n) is 3.27. The molecule has 0 saturated carbocycles. The van der Waals surface area contributed by atoms with E-state index in [1.165, 1.54) is 16.4 Å². The van der Waals surface area contributed by atoms with E-state index in [9.17, 15) is 0 Å². The molecule has 0 aliphatic carbocycles. The number of anilines is 1. The van der Waals surface area contributed by atoms with Crippen LogP contribution in [0.5, 0.6) is 0 Å². The summed E-state index contributed by atoms with van der Waals surface area (Å²) in [6.07, 6.45) is 1.27. The van der Waals surface area contributed by atoms with Crippen LogP contribution in [0.25, 0.3) is 0 Å². The minimum Gasteiger partial charge on any atom is -0.362 e. The summed E-state index contributed by atoms with van der Waals surface area (Å²) in [5, 5.41) is 9.01. The lowest BCUT2D eigenvalue weighted by molar-refractivity contribution is 0.355. The Bertz CT molecular complexity index is 420. The normalized spacial score (nSPS) is 23.9. The van der Waals surface area contributed by atoms with Crippen molar-refractivity contribution < 1.29 is 0 Å². The Morgan fingerprint density at radius 1 is 1.47 bits per heavy atom. The zero-order chi connectivity index (χ0) is 11.7. The summed E-state index contributed by atoms with van der Waals surface area (Å²) < 4.78 is 0. The van der Waals surface area contributed by atoms with Crippen molar-refractivity contribution in [2.45, 2.75) is 19.5 Å². The van der Waals surface area contributed by atoms with Crippen molar-refractivity contribution in [1.82, 2.24) is 10.2 Å². The van der Waals surface area contributed by atoms with Crippen LogP contribution in [0.4, 0.5) is 5.69 Å². The minimum atomic E-state index is 0.238. The molecule has 2 N–H and O–H groups in total. The summed E-state index contributed by atoms with van der Waals surface area (Å²) in [6.45, 7) is 6.42. The fraction of sp³-hybridized carbons (Fsp3) is 0.583. The number of aliphatic imine (C=N–C) groups is 1. The maximum absolute atomic E-state index is 4.85. The van der Waals surface area contributed by atoms with Crippen LogP contribution >= 0.6 is 11.3 Å². The van der Waals surface area contributed by atoms with Crippen molar-refractivity contribution in [3.8, 4) is 0 Å². The van der Waals surface area contributed by atoms with Crippen LogP contribution < -0.4 is 10.6 Å². The molecule has 17 heavy (non-hydrogen) atoms. The molecule has 4 nitrogen and oxygen atoms in total. The van der Waals surface area contributed by atoms with Gasteiger partial charge in [0.2, 0.25) is 0 Å². The third kappa shape index (κ3) is 2.05. The standard InChI is InChI=1S/C12H18N4S/c1-2-10-14-9-3-8-17-11(9)12(15-10)16-6-4-13-5-7-16/h3,8,10,13-14H,2,4-7H2,1H3. The third-order valence-corrected chi connectivity index (χ3v) is 4.18. The van der Waals surface area contributed by atoms with Gasteiger partial charge in [-0.3, -0.25) is 0 Å². The van der Waals surface area contributed by atoms with Gasteiger partial charge in [0.15, 0.2) is 0 Å². The first-order valence-electron chi connectivity index (χ1n) is 6.26. The molecule has 1 fully saturated rings. The zero-order valence-corrected chi connectivity index (χ0v) is 10.9. The smallest absolute Gasteiger partial charge is 0.145 e. The van der Waals surface area contributed by atoms with Gasteiger partial charge in [0, 0.05) is 26.2 Å². The van der Waals surface area contributed by atoms with Gasteiger partial charge in [0.25, 0.3) is 0 Å². The second kappa shape index (κ2) is 4.66. The number of fused-ring (bicyclic) bond motifs is 1. The number of rotatable bonds is 1. The van der Waals surface area contributed by atoms with Crippen LogP contribution in [0.2, 0.25) is 0 Å². The topological polar surface area (TPSA) is 39.7 Å². The maximum Gasteiger partial charge on any atom is 0.145 e. The molecule has 1 aromatic heterocycles. The lowest BCUT2D eigenvalue weighted by Crippen LogP contribution is -2.48. The number of nitrogens with one attached hydrogen (secondary N) is 2. The van der Waals surface area contributed by atoms with E-state index in [2.05, 4.69) is 33.9 Å². The fourth-order valence-corrected chi connectivity index (χ4v) is 3.19. The number of hydrogen-bond donors (Lipinski definition) is 2. The second-order valence-electron chi connectivity index (χ2n) is 4.42. The van der Waals surface area contributed by atoms with Crippen LogP contribution in [-0.4, -0.2) is 43.1 Å². The molecule has 1 atom stereocenters. The van der Waals surface area contributed by atoms with Crippen molar-refractivity contribution in [1.29, 1.82) is 0 Å². The SMILES string of the molecule is CCC1N=C(N2CCNCC2)c2sccc2N1. The fourth-order valence-electron chi connectivity index (χ4n) is 2.31. The highest BCUT2D eigenvalue weighted by molar-refractivity contribution is 7.12. The summed E-state index contributed by atoms with van der Waals surface area (Å²) in [6, 6.07) is 2.17. The molecule has 1 unspecified atom stereocenters. The van der Waals surface area contributed by atoms with Crippen LogP contribution in [0, 0.1) is 0 Å². The summed E-state index contributed by atoms with van der Waals surface area (Å²) >= 11 is 1.78. The number of nitrogens with zero attached hydrogens (tertiary/aromatic N) is 2. The van der Waals surface area contributed by atoms with Crippen molar-refractivity contribution >= 4 is 22.9 Å². The predicted octanol–water partition coefficient (Wildman–Crippen LogP) is 1.56. The van der Waals surface area contributed by atoms with E-state index in [4.69, 9.17) is 4.99 Å². The van der Waals surface area contributed by atoms with Gasteiger partial charge in [-0.2, -0.15) is 0 Å². The molecule has 5 heteroatoms. The van der Waals surface area contributed by atoms with Gasteiger partial charge < -0.3 is 15.5 Å². The first-order chi connectivity index (χ1) is 8.38. The van der Waals surface area contributed by atoms with Gasteiger partial charge in [0.05, 0.1) is 10.6 Å². The largest absolute Gasteiger partial charge is 0.362 e. The molecule has 3 rings (SSSR count). The minimum absolute atomic E-state index is 0.238. The van der Waals surface area contributed by atoms with Crippen molar-refractivity contribution in [3.05, 3.63) is 16.3 Å². The first kappa shape index (κ1) is 11.0. The average molecular weight is 250 g/mol. The maximum atomic E-state index is 4.85. The molecule has 0 radical (unpaired) electrons. The molecule has 1 saturated heterocycles. The lowest BCUT2D eigenvalue weighted by Gasteiger charge is -2.33.